The van der Waals surface area contributed by atoms with Crippen LogP contribution in [-0.4, -0.2) is 53.3 Å². The summed E-state index contributed by atoms with van der Waals surface area (Å²) in [4.78, 5) is 10.3. The van der Waals surface area contributed by atoms with Gasteiger partial charge in [0.05, 0.1) is 36.5 Å². The maximum atomic E-state index is 13.2. The number of halogens is 1. The van der Waals surface area contributed by atoms with Crippen molar-refractivity contribution in [3.05, 3.63) is 71.8 Å². The molecule has 4 aromatic rings. The van der Waals surface area contributed by atoms with Crippen LogP contribution in [0.5, 0.6) is 5.75 Å². The summed E-state index contributed by atoms with van der Waals surface area (Å²) in [5.41, 5.74) is 3.88. The molecule has 2 N–H and O–H groups in total. The van der Waals surface area contributed by atoms with Gasteiger partial charge in [-0.3, -0.25) is 4.98 Å². The number of rotatable bonds is 10. The molecule has 1 aliphatic heterocycles. The number of nitrogens with zero attached hydrogens (tertiary/aromatic N) is 2. The molecule has 0 saturated carbocycles. The van der Waals surface area contributed by atoms with Crippen molar-refractivity contribution < 1.29 is 19.0 Å². The van der Waals surface area contributed by atoms with Gasteiger partial charge in [0, 0.05) is 29.6 Å². The summed E-state index contributed by atoms with van der Waals surface area (Å²) in [7, 11) is 1.70. The largest absolute Gasteiger partial charge is 0.493 e. The maximum Gasteiger partial charge on any atom is 0.129 e. The molecule has 5 rings (SSSR count). The molecule has 1 atom stereocenters. The van der Waals surface area contributed by atoms with E-state index in [9.17, 15) is 9.50 Å². The van der Waals surface area contributed by atoms with Gasteiger partial charge in [-0.2, -0.15) is 0 Å². The summed E-state index contributed by atoms with van der Waals surface area (Å²) in [6.07, 6.45) is 7.13. The van der Waals surface area contributed by atoms with Crippen molar-refractivity contribution in [1.82, 2.24) is 14.9 Å². The van der Waals surface area contributed by atoms with E-state index in [0.717, 1.165) is 84.0 Å². The molecular formula is C29H34FN3O3. The van der Waals surface area contributed by atoms with Crippen molar-refractivity contribution in [3.8, 4) is 5.75 Å². The van der Waals surface area contributed by atoms with Crippen LogP contribution in [0.1, 0.15) is 42.9 Å². The maximum absolute atomic E-state index is 13.2. The van der Waals surface area contributed by atoms with Crippen molar-refractivity contribution in [1.29, 1.82) is 0 Å². The number of aromatic nitrogens is 2. The van der Waals surface area contributed by atoms with E-state index in [1.807, 2.05) is 24.5 Å². The number of methoxy groups -OCH3 is 1. The first-order chi connectivity index (χ1) is 17.6. The molecule has 2 aromatic carbocycles. The second kappa shape index (κ2) is 11.4. The highest BCUT2D eigenvalue weighted by Crippen LogP contribution is 2.35. The Kier molecular flexibility index (Phi) is 7.80. The van der Waals surface area contributed by atoms with Gasteiger partial charge in [-0.25, -0.2) is 4.39 Å². The van der Waals surface area contributed by atoms with Gasteiger partial charge in [0.15, 0.2) is 0 Å². The molecule has 0 spiro atoms. The zero-order valence-electron chi connectivity index (χ0n) is 20.8. The number of aromatic amines is 1. The molecule has 3 heterocycles. The minimum absolute atomic E-state index is 0.227. The van der Waals surface area contributed by atoms with Crippen LogP contribution in [0.3, 0.4) is 0 Å². The SMILES string of the molecule is COCc1cncc2[nH]c3cccc(OCCCCN4CCC(C(O)c5ccc(F)cc5)CC4)c3c12. The third-order valence-electron chi connectivity index (χ3n) is 7.29. The number of piperidine rings is 1. The number of likely N-dealkylation sites (tertiary alicyclic amines) is 1. The third kappa shape index (κ3) is 5.38. The molecule has 7 heteroatoms. The first kappa shape index (κ1) is 24.7. The number of nitrogens with one attached hydrogen (secondary N) is 1. The van der Waals surface area contributed by atoms with Crippen molar-refractivity contribution in [2.24, 2.45) is 5.92 Å². The minimum Gasteiger partial charge on any atom is -0.493 e. The van der Waals surface area contributed by atoms with Crippen LogP contribution in [-0.2, 0) is 11.3 Å². The van der Waals surface area contributed by atoms with Gasteiger partial charge in [0.25, 0.3) is 0 Å². The van der Waals surface area contributed by atoms with Crippen molar-refractivity contribution in [2.45, 2.75) is 38.4 Å². The van der Waals surface area contributed by atoms with E-state index in [1.54, 1.807) is 19.2 Å². The Morgan fingerprint density at radius 1 is 1.06 bits per heavy atom. The Labute approximate surface area is 211 Å². The third-order valence-corrected chi connectivity index (χ3v) is 7.29. The lowest BCUT2D eigenvalue weighted by atomic mass is 9.87. The Morgan fingerprint density at radius 2 is 1.86 bits per heavy atom. The highest BCUT2D eigenvalue weighted by atomic mass is 19.1. The van der Waals surface area contributed by atoms with E-state index in [1.165, 1.54) is 12.1 Å². The number of pyridine rings is 1. The topological polar surface area (TPSA) is 70.6 Å². The van der Waals surface area contributed by atoms with Crippen LogP contribution in [0.15, 0.2) is 54.9 Å². The second-order valence-corrected chi connectivity index (χ2v) is 9.69. The molecule has 1 fully saturated rings. The normalized spacial score (nSPS) is 16.1. The summed E-state index contributed by atoms with van der Waals surface area (Å²) in [6.45, 7) is 4.16. The van der Waals surface area contributed by atoms with Gasteiger partial charge < -0.3 is 24.5 Å². The quantitative estimate of drug-likeness (QED) is 0.282. The summed E-state index contributed by atoms with van der Waals surface area (Å²) in [5.74, 6) is 0.846. The Hall–Kier alpha value is -3.00. The Bertz CT molecular complexity index is 1280. The fraction of sp³-hybridized carbons (Fsp3) is 0.414. The summed E-state index contributed by atoms with van der Waals surface area (Å²) in [5, 5.41) is 12.9. The van der Waals surface area contributed by atoms with Crippen molar-refractivity contribution in [3.63, 3.8) is 0 Å². The number of aliphatic hydroxyl groups excluding tert-OH is 1. The van der Waals surface area contributed by atoms with Gasteiger partial charge in [-0.1, -0.05) is 18.2 Å². The zero-order valence-corrected chi connectivity index (χ0v) is 20.8. The monoisotopic (exact) mass is 491 g/mol. The number of aliphatic hydroxyl groups is 1. The lowest BCUT2D eigenvalue weighted by molar-refractivity contribution is 0.0581. The van der Waals surface area contributed by atoms with Gasteiger partial charge in [0.2, 0.25) is 0 Å². The van der Waals surface area contributed by atoms with Gasteiger partial charge >= 0.3 is 0 Å². The molecular weight excluding hydrogens is 457 g/mol. The number of fused-ring (bicyclic) bond motifs is 3. The number of H-pyrrole nitrogens is 1. The molecule has 6 nitrogen and oxygen atoms in total. The zero-order chi connectivity index (χ0) is 24.9. The van der Waals surface area contributed by atoms with Crippen LogP contribution in [0.2, 0.25) is 0 Å². The molecule has 0 bridgehead atoms. The van der Waals surface area contributed by atoms with Crippen molar-refractivity contribution >= 4 is 21.8 Å². The molecule has 0 amide bonds. The summed E-state index contributed by atoms with van der Waals surface area (Å²) < 4.78 is 24.8. The highest BCUT2D eigenvalue weighted by Gasteiger charge is 2.26. The van der Waals surface area contributed by atoms with Crippen LogP contribution in [0.4, 0.5) is 4.39 Å². The number of unbranched alkanes of at least 4 members (excludes halogenated alkanes) is 1. The van der Waals surface area contributed by atoms with E-state index in [-0.39, 0.29) is 11.7 Å². The predicted molar refractivity (Wildman–Crippen MR) is 140 cm³/mol. The van der Waals surface area contributed by atoms with E-state index < -0.39 is 6.10 Å². The van der Waals surface area contributed by atoms with E-state index in [4.69, 9.17) is 9.47 Å². The van der Waals surface area contributed by atoms with Crippen LogP contribution in [0, 0.1) is 11.7 Å². The first-order valence-corrected chi connectivity index (χ1v) is 12.8. The number of hydrogen-bond acceptors (Lipinski definition) is 5. The number of ether oxygens (including phenoxy) is 2. The molecule has 0 radical (unpaired) electrons. The van der Waals surface area contributed by atoms with Gasteiger partial charge in [-0.05, 0) is 81.1 Å². The van der Waals surface area contributed by atoms with E-state index in [2.05, 4.69) is 20.9 Å². The summed E-state index contributed by atoms with van der Waals surface area (Å²) >= 11 is 0. The number of hydrogen-bond donors (Lipinski definition) is 2. The van der Waals surface area contributed by atoms with Gasteiger partial charge in [-0.15, -0.1) is 0 Å². The Balaban J connectivity index is 1.11. The van der Waals surface area contributed by atoms with Gasteiger partial charge in [0.1, 0.15) is 11.6 Å². The minimum atomic E-state index is -0.520. The average molecular weight is 492 g/mol. The molecule has 0 aliphatic carbocycles. The lowest BCUT2D eigenvalue weighted by Crippen LogP contribution is -2.36. The molecule has 190 valence electrons. The van der Waals surface area contributed by atoms with Crippen molar-refractivity contribution in [2.75, 3.05) is 33.4 Å². The fourth-order valence-electron chi connectivity index (χ4n) is 5.36. The predicted octanol–water partition coefficient (Wildman–Crippen LogP) is 5.61. The molecule has 1 aliphatic rings. The average Bonchev–Trinajstić information content (AvgIpc) is 3.29. The van der Waals surface area contributed by atoms with Crippen LogP contribution in [0.25, 0.3) is 21.8 Å². The van der Waals surface area contributed by atoms with Crippen LogP contribution < -0.4 is 4.74 Å². The van der Waals surface area contributed by atoms with Crippen LogP contribution >= 0.6 is 0 Å². The molecule has 1 saturated heterocycles. The fourth-order valence-corrected chi connectivity index (χ4v) is 5.36. The lowest BCUT2D eigenvalue weighted by Gasteiger charge is -2.34. The molecule has 1 unspecified atom stereocenters. The highest BCUT2D eigenvalue weighted by molar-refractivity contribution is 6.11. The number of benzene rings is 2. The first-order valence-electron chi connectivity index (χ1n) is 12.8. The second-order valence-electron chi connectivity index (χ2n) is 9.69. The smallest absolute Gasteiger partial charge is 0.129 e. The van der Waals surface area contributed by atoms with E-state index >= 15 is 0 Å². The molecule has 2 aromatic heterocycles. The summed E-state index contributed by atoms with van der Waals surface area (Å²) in [6, 6.07) is 12.3. The van der Waals surface area contributed by atoms with E-state index in [0.29, 0.717) is 13.2 Å². The molecule has 36 heavy (non-hydrogen) atoms. The Morgan fingerprint density at radius 3 is 2.64 bits per heavy atom. The standard InChI is InChI=1S/C29H34FN3O3/c1-35-19-22-17-31-18-25-27(22)28-24(32-25)5-4-6-26(28)36-16-3-2-13-33-14-11-21(12-15-33)29(34)20-7-9-23(30)10-8-20/h4-10,17-18,21,29,32,34H,2-3,11-16,19H2,1H3.